The number of hydrogen-bond donors (Lipinski definition) is 4. The van der Waals surface area contributed by atoms with E-state index in [1.54, 1.807) is 12.1 Å². The maximum atomic E-state index is 12.0. The molecule has 0 aliphatic carbocycles. The van der Waals surface area contributed by atoms with Gasteiger partial charge < -0.3 is 26.0 Å². The van der Waals surface area contributed by atoms with Gasteiger partial charge in [-0.1, -0.05) is 12.1 Å². The van der Waals surface area contributed by atoms with E-state index >= 15 is 0 Å². The number of aromatic hydroxyl groups is 1. The van der Waals surface area contributed by atoms with Crippen molar-refractivity contribution < 1.29 is 29.7 Å². The van der Waals surface area contributed by atoms with Crippen LogP contribution < -0.4 is 5.73 Å². The molecule has 0 spiro atoms. The molecule has 0 radical (unpaired) electrons. The van der Waals surface area contributed by atoms with Crippen LogP contribution in [0.2, 0.25) is 0 Å². The zero-order chi connectivity index (χ0) is 16.0. The summed E-state index contributed by atoms with van der Waals surface area (Å²) in [6, 6.07) is 4.94. The monoisotopic (exact) mass is 296 g/mol. The Bertz CT molecular complexity index is 512. The summed E-state index contributed by atoms with van der Waals surface area (Å²) in [4.78, 5) is 34.0. The standard InChI is InChI=1S/C13H16N2O6/c14-10(5-8-1-3-9(16)4-2-8)13(21)15(6-11(17)18)7-12(19)20/h1-4,10,16H,5-7,14H2,(H,17,18)(H,19,20)/t10-/m0/s1. The van der Waals surface area contributed by atoms with Crippen LogP contribution in [0.3, 0.4) is 0 Å². The number of carbonyl (C=O) groups excluding carboxylic acids is 1. The van der Waals surface area contributed by atoms with Gasteiger partial charge in [-0.05, 0) is 24.1 Å². The van der Waals surface area contributed by atoms with Crippen molar-refractivity contribution in [3.8, 4) is 5.75 Å². The van der Waals surface area contributed by atoms with Gasteiger partial charge in [0.2, 0.25) is 5.91 Å². The lowest BCUT2D eigenvalue weighted by atomic mass is 10.1. The van der Waals surface area contributed by atoms with Gasteiger partial charge in [0, 0.05) is 0 Å². The van der Waals surface area contributed by atoms with Gasteiger partial charge in [0.1, 0.15) is 18.8 Å². The van der Waals surface area contributed by atoms with Crippen LogP contribution in [0.5, 0.6) is 5.75 Å². The third-order valence-corrected chi connectivity index (χ3v) is 2.67. The number of rotatable bonds is 7. The summed E-state index contributed by atoms with van der Waals surface area (Å²) >= 11 is 0. The molecule has 1 rings (SSSR count). The van der Waals surface area contributed by atoms with Crippen LogP contribution in [0.1, 0.15) is 5.56 Å². The van der Waals surface area contributed by atoms with E-state index in [0.29, 0.717) is 10.5 Å². The first kappa shape index (κ1) is 16.4. The summed E-state index contributed by atoms with van der Waals surface area (Å²) < 4.78 is 0. The first-order chi connectivity index (χ1) is 9.79. The Kier molecular flexibility index (Phi) is 5.67. The molecule has 21 heavy (non-hydrogen) atoms. The van der Waals surface area contributed by atoms with Crippen molar-refractivity contribution >= 4 is 17.8 Å². The highest BCUT2D eigenvalue weighted by Gasteiger charge is 2.25. The van der Waals surface area contributed by atoms with Crippen molar-refractivity contribution in [3.05, 3.63) is 29.8 Å². The molecule has 8 nitrogen and oxygen atoms in total. The summed E-state index contributed by atoms with van der Waals surface area (Å²) in [5, 5.41) is 26.5. The Hall–Kier alpha value is -2.61. The molecule has 1 aromatic carbocycles. The van der Waals surface area contributed by atoms with Crippen molar-refractivity contribution in [1.82, 2.24) is 4.90 Å². The number of phenolic OH excluding ortho intramolecular Hbond substituents is 1. The third-order valence-electron chi connectivity index (χ3n) is 2.67. The Morgan fingerprint density at radius 2 is 1.52 bits per heavy atom. The maximum absolute atomic E-state index is 12.0. The van der Waals surface area contributed by atoms with Crippen molar-refractivity contribution in [2.24, 2.45) is 5.73 Å². The third kappa shape index (κ3) is 5.49. The molecular formula is C13H16N2O6. The fourth-order valence-corrected chi connectivity index (χ4v) is 1.75. The Labute approximate surface area is 120 Å². The van der Waals surface area contributed by atoms with E-state index in [1.807, 2.05) is 0 Å². The van der Waals surface area contributed by atoms with E-state index in [1.165, 1.54) is 12.1 Å². The minimum Gasteiger partial charge on any atom is -0.508 e. The van der Waals surface area contributed by atoms with Crippen molar-refractivity contribution in [3.63, 3.8) is 0 Å². The lowest BCUT2D eigenvalue weighted by Crippen LogP contribution is -2.48. The first-order valence-electron chi connectivity index (χ1n) is 6.05. The number of carboxylic acid groups (broad SMARTS) is 2. The molecule has 0 saturated carbocycles. The molecule has 0 aliphatic rings. The highest BCUT2D eigenvalue weighted by atomic mass is 16.4. The average molecular weight is 296 g/mol. The topological polar surface area (TPSA) is 141 Å². The predicted molar refractivity (Wildman–Crippen MR) is 71.6 cm³/mol. The second-order valence-corrected chi connectivity index (χ2v) is 4.46. The number of phenols is 1. The summed E-state index contributed by atoms with van der Waals surface area (Å²) in [6.45, 7) is -1.46. The molecule has 1 amide bonds. The molecule has 0 aliphatic heterocycles. The van der Waals surface area contributed by atoms with Gasteiger partial charge in [0.25, 0.3) is 0 Å². The number of hydrogen-bond acceptors (Lipinski definition) is 5. The number of benzene rings is 1. The van der Waals surface area contributed by atoms with Gasteiger partial charge in [-0.25, -0.2) is 0 Å². The molecule has 0 aromatic heterocycles. The molecule has 0 unspecified atom stereocenters. The van der Waals surface area contributed by atoms with Crippen LogP contribution >= 0.6 is 0 Å². The summed E-state index contributed by atoms with van der Waals surface area (Å²) in [5.41, 5.74) is 6.37. The summed E-state index contributed by atoms with van der Waals surface area (Å²) in [5.74, 6) is -3.33. The number of nitrogens with zero attached hydrogens (tertiary/aromatic N) is 1. The smallest absolute Gasteiger partial charge is 0.323 e. The van der Waals surface area contributed by atoms with Crippen LogP contribution in [0.25, 0.3) is 0 Å². The average Bonchev–Trinajstić information content (AvgIpc) is 2.38. The minimum atomic E-state index is -1.32. The van der Waals surface area contributed by atoms with Gasteiger partial charge in [-0.3, -0.25) is 14.4 Å². The van der Waals surface area contributed by atoms with Crippen molar-refractivity contribution in [2.75, 3.05) is 13.1 Å². The Balaban J connectivity index is 2.74. The molecule has 5 N–H and O–H groups in total. The normalized spacial score (nSPS) is 11.7. The number of amides is 1. The van der Waals surface area contributed by atoms with Crippen molar-refractivity contribution in [2.45, 2.75) is 12.5 Å². The van der Waals surface area contributed by atoms with Crippen molar-refractivity contribution in [1.29, 1.82) is 0 Å². The molecule has 8 heteroatoms. The zero-order valence-electron chi connectivity index (χ0n) is 11.1. The second kappa shape index (κ2) is 7.25. The van der Waals surface area contributed by atoms with Gasteiger partial charge in [0.15, 0.2) is 0 Å². The van der Waals surface area contributed by atoms with Crippen LogP contribution in [0, 0.1) is 0 Å². The van der Waals surface area contributed by atoms with E-state index in [9.17, 15) is 14.4 Å². The molecule has 1 aromatic rings. The molecule has 0 fully saturated rings. The number of carbonyl (C=O) groups is 3. The van der Waals surface area contributed by atoms with Gasteiger partial charge >= 0.3 is 11.9 Å². The first-order valence-corrected chi connectivity index (χ1v) is 6.05. The highest BCUT2D eigenvalue weighted by molar-refractivity contribution is 5.88. The Morgan fingerprint density at radius 1 is 1.05 bits per heavy atom. The van der Waals surface area contributed by atoms with E-state index in [0.717, 1.165) is 0 Å². The SMILES string of the molecule is N[C@@H](Cc1ccc(O)cc1)C(=O)N(CC(=O)O)CC(=O)O. The number of carboxylic acids is 2. The van der Waals surface area contributed by atoms with Crippen LogP contribution in [-0.2, 0) is 20.8 Å². The number of nitrogens with two attached hydrogens (primary N) is 1. The maximum Gasteiger partial charge on any atom is 0.323 e. The highest BCUT2D eigenvalue weighted by Crippen LogP contribution is 2.11. The van der Waals surface area contributed by atoms with Crippen LogP contribution in [0.4, 0.5) is 0 Å². The Morgan fingerprint density at radius 3 is 1.95 bits per heavy atom. The van der Waals surface area contributed by atoms with Gasteiger partial charge in [0.05, 0.1) is 6.04 Å². The fourth-order valence-electron chi connectivity index (χ4n) is 1.75. The second-order valence-electron chi connectivity index (χ2n) is 4.46. The molecule has 0 heterocycles. The van der Waals surface area contributed by atoms with E-state index in [-0.39, 0.29) is 12.2 Å². The lowest BCUT2D eigenvalue weighted by molar-refractivity contribution is -0.149. The van der Waals surface area contributed by atoms with Crippen LogP contribution in [0.15, 0.2) is 24.3 Å². The fraction of sp³-hybridized carbons (Fsp3) is 0.308. The van der Waals surface area contributed by atoms with E-state index in [4.69, 9.17) is 21.1 Å². The predicted octanol–water partition coefficient (Wildman–Crippen LogP) is -0.740. The molecular weight excluding hydrogens is 280 g/mol. The summed E-state index contributed by atoms with van der Waals surface area (Å²) in [7, 11) is 0. The lowest BCUT2D eigenvalue weighted by Gasteiger charge is -2.22. The van der Waals surface area contributed by atoms with Gasteiger partial charge in [-0.2, -0.15) is 0 Å². The van der Waals surface area contributed by atoms with Crippen LogP contribution in [-0.4, -0.2) is 57.2 Å². The quantitative estimate of drug-likeness (QED) is 0.519. The zero-order valence-corrected chi connectivity index (χ0v) is 11.1. The number of aliphatic carboxylic acids is 2. The van der Waals surface area contributed by atoms with E-state index in [2.05, 4.69) is 0 Å². The largest absolute Gasteiger partial charge is 0.508 e. The molecule has 1 atom stereocenters. The molecule has 0 bridgehead atoms. The molecule has 0 saturated heterocycles. The van der Waals surface area contributed by atoms with E-state index < -0.39 is 37.0 Å². The minimum absolute atomic E-state index is 0.0667. The summed E-state index contributed by atoms with van der Waals surface area (Å²) in [6.07, 6.45) is 0.106. The molecule has 114 valence electrons. The van der Waals surface area contributed by atoms with Gasteiger partial charge in [-0.15, -0.1) is 0 Å².